The van der Waals surface area contributed by atoms with Gasteiger partial charge in [-0.15, -0.1) is 0 Å². The number of allylic oxidation sites excluding steroid dienone is 6. The number of benzene rings is 1. The highest BCUT2D eigenvalue weighted by Gasteiger charge is 2.87. The zero-order valence-corrected chi connectivity index (χ0v) is 30.0. The first-order chi connectivity index (χ1) is 23.4. The number of fused-ring (bicyclic) bond motifs is 4. The number of aliphatic hydroxyl groups is 1. The number of hydrogen-bond donors (Lipinski definition) is 3. The molecule has 2 aromatic heterocycles. The van der Waals surface area contributed by atoms with E-state index in [2.05, 4.69) is 13.8 Å². The average molecular weight is 683 g/mol. The Morgan fingerprint density at radius 3 is 2.42 bits per heavy atom. The van der Waals surface area contributed by atoms with E-state index < -0.39 is 21.8 Å². The third-order valence-corrected chi connectivity index (χ3v) is 13.1. The molecular weight excluding hydrogens is 636 g/mol. The average Bonchev–Trinajstić information content (AvgIpc) is 3.38. The van der Waals surface area contributed by atoms with E-state index in [9.17, 15) is 29.7 Å². The molecule has 3 aromatic rings. The Hall–Kier alpha value is -4.37. The van der Waals surface area contributed by atoms with Gasteiger partial charge in [-0.25, -0.2) is 0 Å². The number of furan rings is 1. The summed E-state index contributed by atoms with van der Waals surface area (Å²) in [5.74, 6) is -0.154. The van der Waals surface area contributed by atoms with Crippen molar-refractivity contribution < 1.29 is 38.5 Å². The highest BCUT2D eigenvalue weighted by Crippen LogP contribution is 2.81. The molecule has 1 saturated heterocycles. The number of ketones is 2. The van der Waals surface area contributed by atoms with Crippen molar-refractivity contribution in [2.24, 2.45) is 27.6 Å². The summed E-state index contributed by atoms with van der Waals surface area (Å²) in [5.41, 5.74) is -0.112. The van der Waals surface area contributed by atoms with Crippen LogP contribution in [-0.2, 0) is 20.7 Å². The summed E-state index contributed by atoms with van der Waals surface area (Å²) in [6.07, 6.45) is 12.0. The van der Waals surface area contributed by atoms with Crippen LogP contribution in [0.4, 0.5) is 0 Å². The topological polar surface area (TPSA) is 151 Å². The number of hydrogen-bond acceptors (Lipinski definition) is 9. The van der Waals surface area contributed by atoms with E-state index >= 15 is 0 Å². The van der Waals surface area contributed by atoms with Crippen LogP contribution in [-0.4, -0.2) is 38.6 Å². The number of epoxide rings is 1. The Kier molecular flexibility index (Phi) is 7.38. The molecule has 0 bridgehead atoms. The van der Waals surface area contributed by atoms with E-state index in [1.54, 1.807) is 19.3 Å². The largest absolute Gasteiger partial charge is 0.507 e. The minimum atomic E-state index is -0.901. The third-order valence-electron chi connectivity index (χ3n) is 13.1. The fourth-order valence-electron chi connectivity index (χ4n) is 10.7. The summed E-state index contributed by atoms with van der Waals surface area (Å²) in [6.45, 7) is 15.5. The van der Waals surface area contributed by atoms with Crippen LogP contribution in [0, 0.1) is 34.5 Å². The van der Waals surface area contributed by atoms with Crippen molar-refractivity contribution in [1.29, 1.82) is 0 Å². The van der Waals surface area contributed by atoms with Gasteiger partial charge in [0.2, 0.25) is 5.78 Å². The number of aromatic hydroxyl groups is 2. The minimum absolute atomic E-state index is 0.00527. The molecule has 1 aromatic carbocycles. The highest BCUT2D eigenvalue weighted by atomic mass is 16.6. The maximum atomic E-state index is 14.0. The molecule has 5 aliphatic rings. The van der Waals surface area contributed by atoms with E-state index in [0.717, 1.165) is 24.8 Å². The van der Waals surface area contributed by atoms with E-state index in [1.807, 2.05) is 59.1 Å². The van der Waals surface area contributed by atoms with Gasteiger partial charge in [-0.05, 0) is 102 Å². The second-order valence-corrected chi connectivity index (χ2v) is 16.4. The van der Waals surface area contributed by atoms with E-state index in [0.29, 0.717) is 23.3 Å². The van der Waals surface area contributed by atoms with Crippen molar-refractivity contribution in [1.82, 2.24) is 0 Å². The number of aryl methyl sites for hydroxylation is 1. The second kappa shape index (κ2) is 10.8. The zero-order valence-electron chi connectivity index (χ0n) is 30.0. The van der Waals surface area contributed by atoms with Crippen LogP contribution in [0.15, 0.2) is 79.5 Å². The Morgan fingerprint density at radius 1 is 1.04 bits per heavy atom. The number of rotatable bonds is 3. The fraction of sp³-hybridized carbons (Fsp3) is 0.488. The van der Waals surface area contributed by atoms with Gasteiger partial charge >= 0.3 is 0 Å². The SMILES string of the molecule is CC(C)=CCc1c(O)cc2oc(C)cc(=O)c2c1O.CC1(C)C(=O)C=CC2(C)C1=C(O)C(=O)C1(C)C2CCC2(C)C(c3ccoc3)CC3OC321. The van der Waals surface area contributed by atoms with Crippen LogP contribution in [0.5, 0.6) is 11.5 Å². The van der Waals surface area contributed by atoms with Gasteiger partial charge in [0.25, 0.3) is 0 Å². The van der Waals surface area contributed by atoms with Gasteiger partial charge < -0.3 is 28.9 Å². The number of phenolic OH excluding ortho intramolecular Hbond substituents is 2. The first-order valence-corrected chi connectivity index (χ1v) is 17.4. The van der Waals surface area contributed by atoms with Crippen molar-refractivity contribution >= 4 is 22.5 Å². The van der Waals surface area contributed by atoms with Crippen molar-refractivity contribution in [3.8, 4) is 11.5 Å². The predicted molar refractivity (Wildman–Crippen MR) is 187 cm³/mol. The fourth-order valence-corrected chi connectivity index (χ4v) is 10.7. The molecule has 1 aliphatic heterocycles. The Labute approximate surface area is 291 Å². The lowest BCUT2D eigenvalue weighted by Crippen LogP contribution is -2.66. The van der Waals surface area contributed by atoms with Crippen molar-refractivity contribution in [2.45, 2.75) is 98.7 Å². The van der Waals surface area contributed by atoms with Crippen LogP contribution in [0.25, 0.3) is 11.0 Å². The van der Waals surface area contributed by atoms with Crippen LogP contribution in [0.2, 0.25) is 0 Å². The van der Waals surface area contributed by atoms with Crippen LogP contribution < -0.4 is 5.43 Å². The summed E-state index contributed by atoms with van der Waals surface area (Å²) in [6, 6.07) is 4.72. The van der Waals surface area contributed by atoms with Crippen molar-refractivity contribution in [3.05, 3.63) is 93.0 Å². The maximum Gasteiger partial charge on any atom is 0.206 e. The van der Waals surface area contributed by atoms with Gasteiger partial charge in [0.05, 0.1) is 29.5 Å². The van der Waals surface area contributed by atoms with Crippen molar-refractivity contribution in [3.63, 3.8) is 0 Å². The van der Waals surface area contributed by atoms with E-state index in [1.165, 1.54) is 17.7 Å². The quantitative estimate of drug-likeness (QED) is 0.185. The maximum absolute atomic E-state index is 14.0. The monoisotopic (exact) mass is 682 g/mol. The van der Waals surface area contributed by atoms with Crippen LogP contribution >= 0.6 is 0 Å². The Bertz CT molecular complexity index is 2110. The number of ether oxygens (including phenoxy) is 1. The molecular formula is C41H46O9. The van der Waals surface area contributed by atoms with Crippen molar-refractivity contribution in [2.75, 3.05) is 0 Å². The first-order valence-electron chi connectivity index (χ1n) is 17.4. The first kappa shape index (κ1) is 34.1. The smallest absolute Gasteiger partial charge is 0.206 e. The van der Waals surface area contributed by atoms with Crippen LogP contribution in [0.1, 0.15) is 90.5 Å². The molecule has 3 heterocycles. The summed E-state index contributed by atoms with van der Waals surface area (Å²) in [7, 11) is 0. The summed E-state index contributed by atoms with van der Waals surface area (Å²) in [5, 5.41) is 31.6. The second-order valence-electron chi connectivity index (χ2n) is 16.4. The highest BCUT2D eigenvalue weighted by molar-refractivity contribution is 6.06. The lowest BCUT2D eigenvalue weighted by Gasteiger charge is -2.62. The minimum Gasteiger partial charge on any atom is -0.507 e. The molecule has 3 N–H and O–H groups in total. The molecule has 3 fully saturated rings. The Balaban J connectivity index is 0.000000178. The standard InChI is InChI=1S/C26H30O5.C15H16O4/c1-22(2)17(27)7-9-23(3)16-6-10-24(4)15(14-8-11-30-13-14)12-18-26(24,31-18)25(16,5)21(29)19(28)20(22)23;1-8(2)4-5-10-11(16)7-13-14(15(10)18)12(17)6-9(3)19-13/h7-9,11,13,15-16,18,28H,6,10,12H2,1-5H3;4,6-7,16,18H,5H2,1-3H3. The van der Waals surface area contributed by atoms with Crippen LogP contribution in [0.3, 0.4) is 0 Å². The zero-order chi connectivity index (χ0) is 36.3. The molecule has 8 rings (SSSR count). The number of aliphatic hydroxyl groups excluding tert-OH is 1. The van der Waals surface area contributed by atoms with Gasteiger partial charge in [0, 0.05) is 28.5 Å². The summed E-state index contributed by atoms with van der Waals surface area (Å²) < 4.78 is 17.2. The molecule has 9 heteroatoms. The normalized spacial score (nSPS) is 34.7. The Morgan fingerprint density at radius 2 is 1.76 bits per heavy atom. The number of carbonyl (C=O) groups excluding carboxylic acids is 2. The summed E-state index contributed by atoms with van der Waals surface area (Å²) in [4.78, 5) is 38.7. The molecule has 4 aliphatic carbocycles. The number of Topliss-reactive ketones (excluding diaryl/α,β-unsaturated/α-hetero) is 1. The van der Waals surface area contributed by atoms with Gasteiger partial charge in [0.15, 0.2) is 17.0 Å². The third kappa shape index (κ3) is 4.25. The van der Waals surface area contributed by atoms with Gasteiger partial charge in [-0.2, -0.15) is 0 Å². The molecule has 1 spiro atoms. The predicted octanol–water partition coefficient (Wildman–Crippen LogP) is 7.91. The molecule has 50 heavy (non-hydrogen) atoms. The number of carbonyl (C=O) groups is 2. The number of phenols is 2. The van der Waals surface area contributed by atoms with E-state index in [4.69, 9.17) is 13.6 Å². The van der Waals surface area contributed by atoms with Gasteiger partial charge in [-0.3, -0.25) is 14.4 Å². The molecule has 0 radical (unpaired) electrons. The van der Waals surface area contributed by atoms with E-state index in [-0.39, 0.29) is 68.6 Å². The molecule has 7 unspecified atom stereocenters. The lowest BCUT2D eigenvalue weighted by atomic mass is 9.39. The molecule has 0 amide bonds. The lowest BCUT2D eigenvalue weighted by molar-refractivity contribution is -0.162. The van der Waals surface area contributed by atoms with Gasteiger partial charge in [0.1, 0.15) is 33.8 Å². The molecule has 2 saturated carbocycles. The molecule has 9 nitrogen and oxygen atoms in total. The molecule has 7 atom stereocenters. The molecule has 264 valence electrons. The summed E-state index contributed by atoms with van der Waals surface area (Å²) >= 11 is 0. The van der Waals surface area contributed by atoms with Gasteiger partial charge in [-0.1, -0.05) is 31.6 Å².